The molecule has 0 aliphatic carbocycles. The molecular weight excluding hydrogens is 336 g/mol. The number of fused-ring (bicyclic) bond motifs is 1. The van der Waals surface area contributed by atoms with Gasteiger partial charge in [0.1, 0.15) is 5.56 Å². The molecule has 0 saturated carbocycles. The molecule has 1 aromatic carbocycles. The van der Waals surface area contributed by atoms with Crippen molar-refractivity contribution < 1.29 is 9.90 Å². The molecule has 2 N–H and O–H groups in total. The van der Waals surface area contributed by atoms with E-state index in [0.29, 0.717) is 20.9 Å². The number of benzene rings is 1. The van der Waals surface area contributed by atoms with E-state index in [0.717, 1.165) is 5.56 Å². The molecule has 0 aliphatic rings. The van der Waals surface area contributed by atoms with E-state index in [4.69, 9.17) is 11.6 Å². The molecular formula is C16H13ClN2O3S. The van der Waals surface area contributed by atoms with Gasteiger partial charge in [0, 0.05) is 17.8 Å². The van der Waals surface area contributed by atoms with Crippen LogP contribution in [0, 0.1) is 6.92 Å². The Balaban J connectivity index is 2.09. The van der Waals surface area contributed by atoms with Gasteiger partial charge < -0.3 is 15.0 Å². The SMILES string of the molecule is Cc1cc(Cl)ccc1NC(=O)c1c(O)c2sccc2n(C)c1=O. The molecule has 23 heavy (non-hydrogen) atoms. The van der Waals surface area contributed by atoms with Crippen LogP contribution >= 0.6 is 22.9 Å². The van der Waals surface area contributed by atoms with Gasteiger partial charge in [-0.25, -0.2) is 0 Å². The van der Waals surface area contributed by atoms with E-state index < -0.39 is 11.5 Å². The Bertz CT molecular complexity index is 991. The van der Waals surface area contributed by atoms with Crippen molar-refractivity contribution in [3.8, 4) is 5.75 Å². The van der Waals surface area contributed by atoms with Crippen LogP contribution in [0.15, 0.2) is 34.4 Å². The van der Waals surface area contributed by atoms with Gasteiger partial charge in [0.15, 0.2) is 5.75 Å². The van der Waals surface area contributed by atoms with Crippen LogP contribution in [0.25, 0.3) is 10.2 Å². The predicted molar refractivity (Wildman–Crippen MR) is 92.9 cm³/mol. The monoisotopic (exact) mass is 348 g/mol. The maximum absolute atomic E-state index is 12.5. The van der Waals surface area contributed by atoms with Crippen molar-refractivity contribution in [1.82, 2.24) is 4.57 Å². The van der Waals surface area contributed by atoms with Gasteiger partial charge in [0.2, 0.25) is 0 Å². The van der Waals surface area contributed by atoms with Gasteiger partial charge in [0.05, 0.1) is 10.2 Å². The second-order valence-electron chi connectivity index (χ2n) is 5.14. The number of pyridine rings is 1. The zero-order valence-electron chi connectivity index (χ0n) is 12.4. The Morgan fingerprint density at radius 2 is 2.09 bits per heavy atom. The molecule has 7 heteroatoms. The number of hydrogen-bond donors (Lipinski definition) is 2. The minimum Gasteiger partial charge on any atom is -0.505 e. The van der Waals surface area contributed by atoms with Crippen molar-refractivity contribution in [2.24, 2.45) is 7.05 Å². The maximum Gasteiger partial charge on any atom is 0.267 e. The van der Waals surface area contributed by atoms with Crippen LogP contribution in [0.1, 0.15) is 15.9 Å². The third-order valence-corrected chi connectivity index (χ3v) is 4.79. The second-order valence-corrected chi connectivity index (χ2v) is 6.49. The molecule has 0 fully saturated rings. The molecule has 2 aromatic heterocycles. The van der Waals surface area contributed by atoms with E-state index in [2.05, 4.69) is 5.32 Å². The molecule has 0 saturated heterocycles. The fraction of sp³-hybridized carbons (Fsp3) is 0.125. The minimum atomic E-state index is -0.649. The lowest BCUT2D eigenvalue weighted by atomic mass is 10.1. The summed E-state index contributed by atoms with van der Waals surface area (Å²) in [7, 11) is 1.57. The highest BCUT2D eigenvalue weighted by Crippen LogP contribution is 2.31. The summed E-state index contributed by atoms with van der Waals surface area (Å²) in [4.78, 5) is 24.9. The van der Waals surface area contributed by atoms with E-state index in [1.165, 1.54) is 15.9 Å². The summed E-state index contributed by atoms with van der Waals surface area (Å²) in [5, 5.41) is 15.3. The summed E-state index contributed by atoms with van der Waals surface area (Å²) in [6, 6.07) is 6.73. The summed E-state index contributed by atoms with van der Waals surface area (Å²) in [5.41, 5.74) is 1.08. The van der Waals surface area contributed by atoms with Crippen molar-refractivity contribution >= 4 is 44.7 Å². The standard InChI is InChI=1S/C16H13ClN2O3S/c1-8-7-9(17)3-4-10(8)18-15(21)12-13(20)14-11(5-6-23-14)19(2)16(12)22/h3-7,20H,1-2H3,(H,18,21). The summed E-state index contributed by atoms with van der Waals surface area (Å²) in [5.74, 6) is -0.939. The molecule has 5 nitrogen and oxygen atoms in total. The van der Waals surface area contributed by atoms with Crippen LogP contribution < -0.4 is 10.9 Å². The number of thiophene rings is 1. The number of halogens is 1. The Labute approximate surface area is 140 Å². The Morgan fingerprint density at radius 1 is 1.35 bits per heavy atom. The molecule has 0 atom stereocenters. The zero-order valence-corrected chi connectivity index (χ0v) is 14.0. The summed E-state index contributed by atoms with van der Waals surface area (Å²) in [6.45, 7) is 1.79. The highest BCUT2D eigenvalue weighted by molar-refractivity contribution is 7.17. The third-order valence-electron chi connectivity index (χ3n) is 3.64. The Kier molecular flexibility index (Phi) is 3.87. The number of rotatable bonds is 2. The average molecular weight is 349 g/mol. The minimum absolute atomic E-state index is 0.267. The molecule has 2 heterocycles. The first-order chi connectivity index (χ1) is 10.9. The normalized spacial score (nSPS) is 10.9. The summed E-state index contributed by atoms with van der Waals surface area (Å²) < 4.78 is 1.86. The van der Waals surface area contributed by atoms with Gasteiger partial charge in [-0.1, -0.05) is 11.6 Å². The van der Waals surface area contributed by atoms with E-state index in [1.54, 1.807) is 43.6 Å². The van der Waals surface area contributed by atoms with Crippen LogP contribution in [0.4, 0.5) is 5.69 Å². The van der Waals surface area contributed by atoms with Crippen molar-refractivity contribution in [1.29, 1.82) is 0 Å². The average Bonchev–Trinajstić information content (AvgIpc) is 2.98. The van der Waals surface area contributed by atoms with E-state index >= 15 is 0 Å². The fourth-order valence-corrected chi connectivity index (χ4v) is 3.49. The van der Waals surface area contributed by atoms with Crippen LogP contribution in [0.5, 0.6) is 5.75 Å². The quantitative estimate of drug-likeness (QED) is 0.744. The van der Waals surface area contributed by atoms with Gasteiger partial charge in [-0.2, -0.15) is 0 Å². The van der Waals surface area contributed by atoms with Crippen molar-refractivity contribution in [2.45, 2.75) is 6.92 Å². The first kappa shape index (κ1) is 15.6. The number of nitrogens with zero attached hydrogens (tertiary/aromatic N) is 1. The van der Waals surface area contributed by atoms with Gasteiger partial charge in [-0.3, -0.25) is 9.59 Å². The van der Waals surface area contributed by atoms with Gasteiger partial charge >= 0.3 is 0 Å². The third kappa shape index (κ3) is 2.60. The van der Waals surface area contributed by atoms with Gasteiger partial charge in [-0.05, 0) is 42.1 Å². The first-order valence-corrected chi connectivity index (χ1v) is 8.02. The van der Waals surface area contributed by atoms with E-state index in [1.807, 2.05) is 0 Å². The lowest BCUT2D eigenvalue weighted by Crippen LogP contribution is -2.28. The molecule has 0 aliphatic heterocycles. The smallest absolute Gasteiger partial charge is 0.267 e. The molecule has 3 rings (SSSR count). The van der Waals surface area contributed by atoms with Crippen LogP contribution in [-0.4, -0.2) is 15.6 Å². The lowest BCUT2D eigenvalue weighted by Gasteiger charge is -2.11. The predicted octanol–water partition coefficient (Wildman–Crippen LogP) is 3.52. The van der Waals surface area contributed by atoms with Crippen LogP contribution in [0.3, 0.4) is 0 Å². The van der Waals surface area contributed by atoms with Crippen LogP contribution in [-0.2, 0) is 7.05 Å². The number of aromatic nitrogens is 1. The number of carbonyl (C=O) groups excluding carboxylic acids is 1. The maximum atomic E-state index is 12.5. The molecule has 0 spiro atoms. The molecule has 0 bridgehead atoms. The largest absolute Gasteiger partial charge is 0.505 e. The van der Waals surface area contributed by atoms with Crippen molar-refractivity contribution in [2.75, 3.05) is 5.32 Å². The summed E-state index contributed by atoms with van der Waals surface area (Å²) >= 11 is 7.16. The fourth-order valence-electron chi connectivity index (χ4n) is 2.39. The Hall–Kier alpha value is -2.31. The van der Waals surface area contributed by atoms with E-state index in [9.17, 15) is 14.7 Å². The highest BCUT2D eigenvalue weighted by Gasteiger charge is 2.22. The number of aryl methyl sites for hydroxylation is 2. The van der Waals surface area contributed by atoms with Gasteiger partial charge in [-0.15, -0.1) is 11.3 Å². The summed E-state index contributed by atoms with van der Waals surface area (Å²) in [6.07, 6.45) is 0. The highest BCUT2D eigenvalue weighted by atomic mass is 35.5. The molecule has 118 valence electrons. The molecule has 0 radical (unpaired) electrons. The lowest BCUT2D eigenvalue weighted by molar-refractivity contribution is 0.102. The molecule has 1 amide bonds. The number of anilines is 1. The first-order valence-electron chi connectivity index (χ1n) is 6.77. The number of nitrogens with one attached hydrogen (secondary N) is 1. The number of aromatic hydroxyl groups is 1. The number of hydrogen-bond acceptors (Lipinski definition) is 4. The number of carbonyl (C=O) groups is 1. The molecule has 0 unspecified atom stereocenters. The second kappa shape index (κ2) is 5.72. The number of amides is 1. The van der Waals surface area contributed by atoms with Crippen molar-refractivity contribution in [3.05, 3.63) is 56.1 Å². The molecule has 3 aromatic rings. The van der Waals surface area contributed by atoms with Crippen molar-refractivity contribution in [3.63, 3.8) is 0 Å². The van der Waals surface area contributed by atoms with E-state index in [-0.39, 0.29) is 11.3 Å². The topological polar surface area (TPSA) is 71.3 Å². The van der Waals surface area contributed by atoms with Gasteiger partial charge in [0.25, 0.3) is 11.5 Å². The Morgan fingerprint density at radius 3 is 2.78 bits per heavy atom. The van der Waals surface area contributed by atoms with Crippen LogP contribution in [0.2, 0.25) is 5.02 Å². The zero-order chi connectivity index (χ0) is 16.7.